The molecule has 1 atom stereocenters. The summed E-state index contributed by atoms with van der Waals surface area (Å²) >= 11 is 0. The van der Waals surface area contributed by atoms with Crippen molar-refractivity contribution < 1.29 is 14.0 Å². The van der Waals surface area contributed by atoms with Crippen LogP contribution < -0.4 is 9.47 Å². The van der Waals surface area contributed by atoms with Gasteiger partial charge in [-0.1, -0.05) is 5.16 Å². The minimum absolute atomic E-state index is 0.0782. The lowest BCUT2D eigenvalue weighted by atomic mass is 10.3. The molecule has 1 aliphatic rings. The molecule has 0 bridgehead atoms. The Bertz CT molecular complexity index is 622. The molecule has 1 aliphatic carbocycles. The molecule has 0 amide bonds. The highest BCUT2D eigenvalue weighted by Gasteiger charge is 2.30. The van der Waals surface area contributed by atoms with Crippen molar-refractivity contribution in [1.82, 2.24) is 15.0 Å². The van der Waals surface area contributed by atoms with Gasteiger partial charge in [0.25, 0.3) is 0 Å². The third-order valence-corrected chi connectivity index (χ3v) is 4.19. The van der Waals surface area contributed by atoms with Gasteiger partial charge in [0.2, 0.25) is 5.89 Å². The van der Waals surface area contributed by atoms with Gasteiger partial charge in [-0.2, -0.15) is 4.98 Å². The van der Waals surface area contributed by atoms with Crippen LogP contribution in [0.2, 0.25) is 0 Å². The van der Waals surface area contributed by atoms with Gasteiger partial charge < -0.3 is 14.0 Å². The van der Waals surface area contributed by atoms with Gasteiger partial charge in [-0.05, 0) is 51.1 Å². The first kappa shape index (κ1) is 15.8. The van der Waals surface area contributed by atoms with Crippen molar-refractivity contribution in [3.05, 3.63) is 36.0 Å². The number of hydrogen-bond donors (Lipinski definition) is 0. The zero-order chi connectivity index (χ0) is 16.2. The number of methoxy groups -OCH3 is 1. The van der Waals surface area contributed by atoms with Gasteiger partial charge in [-0.15, -0.1) is 0 Å². The smallest absolute Gasteiger partial charge is 0.243 e. The lowest BCUT2D eigenvalue weighted by Crippen LogP contribution is -2.27. The molecule has 6 nitrogen and oxygen atoms in total. The van der Waals surface area contributed by atoms with Crippen molar-refractivity contribution in [1.29, 1.82) is 0 Å². The summed E-state index contributed by atoms with van der Waals surface area (Å²) in [5.41, 5.74) is 0. The van der Waals surface area contributed by atoms with Crippen LogP contribution in [0.1, 0.15) is 43.4 Å². The first-order valence-corrected chi connectivity index (χ1v) is 7.98. The van der Waals surface area contributed by atoms with Crippen LogP contribution >= 0.6 is 0 Å². The van der Waals surface area contributed by atoms with E-state index in [0.29, 0.717) is 18.4 Å². The molecule has 0 radical (unpaired) electrons. The normalized spacial score (nSPS) is 15.7. The summed E-state index contributed by atoms with van der Waals surface area (Å²) in [6.07, 6.45) is 2.36. The summed E-state index contributed by atoms with van der Waals surface area (Å²) in [7, 11) is 3.68. The highest BCUT2D eigenvalue weighted by Crippen LogP contribution is 2.38. The number of ether oxygens (including phenoxy) is 2. The largest absolute Gasteiger partial charge is 0.497 e. The summed E-state index contributed by atoms with van der Waals surface area (Å²) in [4.78, 5) is 6.65. The van der Waals surface area contributed by atoms with Crippen LogP contribution in [-0.2, 0) is 0 Å². The van der Waals surface area contributed by atoms with Crippen LogP contribution in [0, 0.1) is 0 Å². The maximum absolute atomic E-state index is 5.75. The topological polar surface area (TPSA) is 60.6 Å². The Hall–Kier alpha value is -2.08. The number of hydrogen-bond acceptors (Lipinski definition) is 6. The molecule has 1 aromatic heterocycles. The standard InChI is InChI=1S/C17H23N3O3/c1-12(17-18-16(19-23-17)13-4-5-13)20(2)10-11-22-15-8-6-14(21-3)7-9-15/h6-9,12-13H,4-5,10-11H2,1-3H3. The van der Waals surface area contributed by atoms with E-state index in [1.54, 1.807) is 7.11 Å². The van der Waals surface area contributed by atoms with Crippen LogP contribution in [0.15, 0.2) is 28.8 Å². The quantitative estimate of drug-likeness (QED) is 0.746. The molecule has 1 aromatic carbocycles. The first-order chi connectivity index (χ1) is 11.2. The molecule has 0 saturated heterocycles. The molecule has 23 heavy (non-hydrogen) atoms. The maximum Gasteiger partial charge on any atom is 0.243 e. The second kappa shape index (κ2) is 7.00. The van der Waals surface area contributed by atoms with Gasteiger partial charge in [0.05, 0.1) is 13.2 Å². The summed E-state index contributed by atoms with van der Waals surface area (Å²) in [5.74, 6) is 3.71. The number of aromatic nitrogens is 2. The summed E-state index contributed by atoms with van der Waals surface area (Å²) in [6, 6.07) is 7.66. The number of benzene rings is 1. The molecule has 1 saturated carbocycles. The van der Waals surface area contributed by atoms with E-state index in [2.05, 4.69) is 22.0 Å². The van der Waals surface area contributed by atoms with E-state index in [4.69, 9.17) is 14.0 Å². The first-order valence-electron chi connectivity index (χ1n) is 7.98. The SMILES string of the molecule is COc1ccc(OCCN(C)C(C)c2nc(C3CC3)no2)cc1. The lowest BCUT2D eigenvalue weighted by molar-refractivity contribution is 0.173. The number of likely N-dealkylation sites (N-methyl/N-ethyl adjacent to an activating group) is 1. The van der Waals surface area contributed by atoms with Gasteiger partial charge in [0, 0.05) is 12.5 Å². The van der Waals surface area contributed by atoms with E-state index < -0.39 is 0 Å². The fourth-order valence-corrected chi connectivity index (χ4v) is 2.29. The summed E-state index contributed by atoms with van der Waals surface area (Å²) in [5, 5.41) is 4.07. The van der Waals surface area contributed by atoms with E-state index >= 15 is 0 Å². The van der Waals surface area contributed by atoms with E-state index in [-0.39, 0.29) is 6.04 Å². The molecule has 6 heteroatoms. The third-order valence-electron chi connectivity index (χ3n) is 4.19. The lowest BCUT2D eigenvalue weighted by Gasteiger charge is -2.21. The monoisotopic (exact) mass is 317 g/mol. The van der Waals surface area contributed by atoms with Crippen LogP contribution in [0.4, 0.5) is 0 Å². The van der Waals surface area contributed by atoms with Crippen molar-refractivity contribution in [3.63, 3.8) is 0 Å². The van der Waals surface area contributed by atoms with Crippen LogP contribution in [0.3, 0.4) is 0 Å². The molecule has 0 spiro atoms. The number of rotatable bonds is 8. The second-order valence-electron chi connectivity index (χ2n) is 5.95. The Balaban J connectivity index is 1.46. The van der Waals surface area contributed by atoms with Crippen molar-refractivity contribution in [2.75, 3.05) is 27.3 Å². The molecular formula is C17H23N3O3. The van der Waals surface area contributed by atoms with Gasteiger partial charge >= 0.3 is 0 Å². The minimum Gasteiger partial charge on any atom is -0.497 e. The highest BCUT2D eigenvalue weighted by molar-refractivity contribution is 5.31. The molecule has 2 aromatic rings. The fraction of sp³-hybridized carbons (Fsp3) is 0.529. The van der Waals surface area contributed by atoms with Crippen LogP contribution in [0.25, 0.3) is 0 Å². The molecule has 0 N–H and O–H groups in total. The van der Waals surface area contributed by atoms with Gasteiger partial charge in [-0.25, -0.2) is 0 Å². The Morgan fingerprint density at radius 3 is 2.61 bits per heavy atom. The number of nitrogens with zero attached hydrogens (tertiary/aromatic N) is 3. The molecular weight excluding hydrogens is 294 g/mol. The Morgan fingerprint density at radius 2 is 1.96 bits per heavy atom. The molecule has 1 heterocycles. The molecule has 0 aliphatic heterocycles. The molecule has 1 fully saturated rings. The summed E-state index contributed by atoms with van der Waals surface area (Å²) < 4.78 is 16.3. The Morgan fingerprint density at radius 1 is 1.26 bits per heavy atom. The van der Waals surface area contributed by atoms with Crippen molar-refractivity contribution in [3.8, 4) is 11.5 Å². The minimum atomic E-state index is 0.0782. The second-order valence-corrected chi connectivity index (χ2v) is 5.95. The van der Waals surface area contributed by atoms with E-state index in [0.717, 1.165) is 23.9 Å². The Labute approximate surface area is 136 Å². The third kappa shape index (κ3) is 4.01. The predicted molar refractivity (Wildman–Crippen MR) is 85.8 cm³/mol. The van der Waals surface area contributed by atoms with Gasteiger partial charge in [-0.3, -0.25) is 4.90 Å². The zero-order valence-electron chi connectivity index (χ0n) is 13.9. The van der Waals surface area contributed by atoms with Gasteiger partial charge in [0.15, 0.2) is 5.82 Å². The highest BCUT2D eigenvalue weighted by atomic mass is 16.5. The van der Waals surface area contributed by atoms with Crippen LogP contribution in [-0.4, -0.2) is 42.3 Å². The molecule has 3 rings (SSSR count). The zero-order valence-corrected chi connectivity index (χ0v) is 13.9. The van der Waals surface area contributed by atoms with E-state index in [9.17, 15) is 0 Å². The van der Waals surface area contributed by atoms with Crippen molar-refractivity contribution in [2.45, 2.75) is 31.7 Å². The van der Waals surface area contributed by atoms with Gasteiger partial charge in [0.1, 0.15) is 18.1 Å². The maximum atomic E-state index is 5.75. The summed E-state index contributed by atoms with van der Waals surface area (Å²) in [6.45, 7) is 3.43. The molecule has 1 unspecified atom stereocenters. The van der Waals surface area contributed by atoms with Crippen molar-refractivity contribution in [2.24, 2.45) is 0 Å². The fourth-order valence-electron chi connectivity index (χ4n) is 2.29. The van der Waals surface area contributed by atoms with E-state index in [1.807, 2.05) is 31.3 Å². The predicted octanol–water partition coefficient (Wildman–Crippen LogP) is 3.03. The average molecular weight is 317 g/mol. The van der Waals surface area contributed by atoms with Crippen LogP contribution in [0.5, 0.6) is 11.5 Å². The van der Waals surface area contributed by atoms with E-state index in [1.165, 1.54) is 12.8 Å². The average Bonchev–Trinajstić information content (AvgIpc) is 3.32. The Kier molecular flexibility index (Phi) is 4.81. The molecule has 124 valence electrons. The van der Waals surface area contributed by atoms with Crippen molar-refractivity contribution >= 4 is 0 Å².